The van der Waals surface area contributed by atoms with E-state index in [1.165, 1.54) is 7.11 Å². The van der Waals surface area contributed by atoms with Crippen molar-refractivity contribution < 1.29 is 14.6 Å². The molecule has 0 aliphatic rings. The van der Waals surface area contributed by atoms with Gasteiger partial charge in [0, 0.05) is 11.6 Å². The van der Waals surface area contributed by atoms with Crippen molar-refractivity contribution in [2.75, 3.05) is 7.11 Å². The molecule has 0 unspecified atom stereocenters. The van der Waals surface area contributed by atoms with E-state index >= 15 is 0 Å². The summed E-state index contributed by atoms with van der Waals surface area (Å²) in [5.41, 5.74) is 6.64. The summed E-state index contributed by atoms with van der Waals surface area (Å²) in [4.78, 5) is 11.6. The smallest absolute Gasteiger partial charge is 0.313 e. The molecule has 1 rings (SSSR count). The molecule has 4 heteroatoms. The van der Waals surface area contributed by atoms with Crippen LogP contribution in [0.5, 0.6) is 5.75 Å². The normalized spacial score (nSPS) is 13.2. The van der Waals surface area contributed by atoms with Gasteiger partial charge in [-0.25, -0.2) is 0 Å². The third kappa shape index (κ3) is 2.58. The Labute approximate surface area is 101 Å². The number of esters is 1. The van der Waals surface area contributed by atoms with Crippen LogP contribution in [-0.4, -0.2) is 18.2 Å². The maximum atomic E-state index is 11.6. The van der Waals surface area contributed by atoms with E-state index in [4.69, 9.17) is 10.5 Å². The number of aryl methyl sites for hydroxylation is 1. The molecule has 0 aromatic heterocycles. The van der Waals surface area contributed by atoms with Gasteiger partial charge in [-0.1, -0.05) is 12.1 Å². The summed E-state index contributed by atoms with van der Waals surface area (Å²) in [6.07, 6.45) is 0. The predicted molar refractivity (Wildman–Crippen MR) is 65.6 cm³/mol. The van der Waals surface area contributed by atoms with Crippen molar-refractivity contribution in [2.24, 2.45) is 11.1 Å². The lowest BCUT2D eigenvalue weighted by molar-refractivity contribution is -0.152. The molecule has 0 spiro atoms. The summed E-state index contributed by atoms with van der Waals surface area (Å²) in [5, 5.41) is 9.85. The van der Waals surface area contributed by atoms with Crippen molar-refractivity contribution in [3.63, 3.8) is 0 Å². The topological polar surface area (TPSA) is 72.5 Å². The Balaban J connectivity index is 3.11. The molecule has 0 aliphatic carbocycles. The number of aromatic hydroxyl groups is 1. The average molecular weight is 237 g/mol. The lowest BCUT2D eigenvalue weighted by Gasteiger charge is -2.29. The fourth-order valence-electron chi connectivity index (χ4n) is 1.70. The SMILES string of the molecule is COC(=O)C(C)(C)[C@@H](N)c1ccc(C)cc1O. The summed E-state index contributed by atoms with van der Waals surface area (Å²) in [6, 6.07) is 4.60. The van der Waals surface area contributed by atoms with Crippen LogP contribution in [0, 0.1) is 12.3 Å². The molecule has 94 valence electrons. The van der Waals surface area contributed by atoms with E-state index in [2.05, 4.69) is 0 Å². The summed E-state index contributed by atoms with van der Waals surface area (Å²) >= 11 is 0. The van der Waals surface area contributed by atoms with Gasteiger partial charge in [-0.2, -0.15) is 0 Å². The van der Waals surface area contributed by atoms with Crippen LogP contribution in [0.15, 0.2) is 18.2 Å². The fourth-order valence-corrected chi connectivity index (χ4v) is 1.70. The van der Waals surface area contributed by atoms with Gasteiger partial charge in [0.25, 0.3) is 0 Å². The number of ether oxygens (including phenoxy) is 1. The summed E-state index contributed by atoms with van der Waals surface area (Å²) in [6.45, 7) is 5.27. The first kappa shape index (κ1) is 13.5. The number of benzene rings is 1. The first-order valence-corrected chi connectivity index (χ1v) is 5.44. The Morgan fingerprint density at radius 3 is 2.53 bits per heavy atom. The van der Waals surface area contributed by atoms with Crippen LogP contribution < -0.4 is 5.73 Å². The second-order valence-corrected chi connectivity index (χ2v) is 4.75. The summed E-state index contributed by atoms with van der Waals surface area (Å²) < 4.78 is 4.72. The Bertz CT molecular complexity index is 427. The van der Waals surface area contributed by atoms with Gasteiger partial charge >= 0.3 is 5.97 Å². The minimum absolute atomic E-state index is 0.106. The van der Waals surface area contributed by atoms with Crippen LogP contribution >= 0.6 is 0 Å². The highest BCUT2D eigenvalue weighted by molar-refractivity contribution is 5.77. The van der Waals surface area contributed by atoms with Gasteiger partial charge in [-0.05, 0) is 32.4 Å². The van der Waals surface area contributed by atoms with E-state index in [9.17, 15) is 9.90 Å². The van der Waals surface area contributed by atoms with Gasteiger partial charge in [0.1, 0.15) is 5.75 Å². The number of hydrogen-bond acceptors (Lipinski definition) is 4. The van der Waals surface area contributed by atoms with E-state index < -0.39 is 17.4 Å². The number of phenols is 1. The van der Waals surface area contributed by atoms with Crippen molar-refractivity contribution in [3.05, 3.63) is 29.3 Å². The highest BCUT2D eigenvalue weighted by Gasteiger charge is 2.37. The van der Waals surface area contributed by atoms with Gasteiger partial charge < -0.3 is 15.6 Å². The maximum absolute atomic E-state index is 11.6. The lowest BCUT2D eigenvalue weighted by Crippen LogP contribution is -2.37. The number of phenolic OH excluding ortho intramolecular Hbond substituents is 1. The number of carbonyl (C=O) groups excluding carboxylic acids is 1. The number of nitrogens with two attached hydrogens (primary N) is 1. The largest absolute Gasteiger partial charge is 0.508 e. The first-order valence-electron chi connectivity index (χ1n) is 5.44. The van der Waals surface area contributed by atoms with Crippen molar-refractivity contribution in [2.45, 2.75) is 26.8 Å². The van der Waals surface area contributed by atoms with Crippen molar-refractivity contribution >= 4 is 5.97 Å². The second kappa shape index (κ2) is 4.75. The third-order valence-electron chi connectivity index (χ3n) is 3.01. The zero-order valence-electron chi connectivity index (χ0n) is 10.7. The van der Waals surface area contributed by atoms with Crippen LogP contribution in [0.3, 0.4) is 0 Å². The van der Waals surface area contributed by atoms with Gasteiger partial charge in [0.05, 0.1) is 12.5 Å². The molecule has 0 bridgehead atoms. The molecule has 0 aliphatic heterocycles. The van der Waals surface area contributed by atoms with Gasteiger partial charge in [0.15, 0.2) is 0 Å². The molecular weight excluding hydrogens is 218 g/mol. The molecule has 1 atom stereocenters. The molecule has 0 fully saturated rings. The minimum atomic E-state index is -0.887. The molecule has 1 aromatic carbocycles. The standard InChI is InChI=1S/C13H19NO3/c1-8-5-6-9(10(15)7-8)11(14)13(2,3)12(16)17-4/h5-7,11,15H,14H2,1-4H3/t11-/m0/s1. The lowest BCUT2D eigenvalue weighted by atomic mass is 9.80. The van der Waals surface area contributed by atoms with E-state index in [1.807, 2.05) is 13.0 Å². The minimum Gasteiger partial charge on any atom is -0.508 e. The molecule has 4 nitrogen and oxygen atoms in total. The Kier molecular flexibility index (Phi) is 3.78. The zero-order valence-corrected chi connectivity index (χ0v) is 10.7. The zero-order chi connectivity index (χ0) is 13.2. The number of carbonyl (C=O) groups is 1. The Hall–Kier alpha value is -1.55. The highest BCUT2D eigenvalue weighted by Crippen LogP contribution is 2.36. The first-order chi connectivity index (χ1) is 7.80. The highest BCUT2D eigenvalue weighted by atomic mass is 16.5. The van der Waals surface area contributed by atoms with E-state index in [-0.39, 0.29) is 5.75 Å². The van der Waals surface area contributed by atoms with Crippen molar-refractivity contribution in [1.82, 2.24) is 0 Å². The van der Waals surface area contributed by atoms with Crippen LogP contribution in [0.4, 0.5) is 0 Å². The summed E-state index contributed by atoms with van der Waals surface area (Å²) in [7, 11) is 1.33. The third-order valence-corrected chi connectivity index (χ3v) is 3.01. The van der Waals surface area contributed by atoms with Crippen molar-refractivity contribution in [3.8, 4) is 5.75 Å². The molecule has 0 radical (unpaired) electrons. The van der Waals surface area contributed by atoms with Gasteiger partial charge in [-0.3, -0.25) is 4.79 Å². The average Bonchev–Trinajstić information content (AvgIpc) is 2.27. The number of hydrogen-bond donors (Lipinski definition) is 2. The van der Waals surface area contributed by atoms with Crippen LogP contribution in [0.2, 0.25) is 0 Å². The molecule has 0 saturated carbocycles. The monoisotopic (exact) mass is 237 g/mol. The Morgan fingerprint density at radius 1 is 1.47 bits per heavy atom. The molecule has 1 aromatic rings. The van der Waals surface area contributed by atoms with Crippen LogP contribution in [0.25, 0.3) is 0 Å². The van der Waals surface area contributed by atoms with Crippen LogP contribution in [0.1, 0.15) is 31.0 Å². The van der Waals surface area contributed by atoms with E-state index in [0.29, 0.717) is 5.56 Å². The Morgan fingerprint density at radius 2 is 2.06 bits per heavy atom. The molecule has 0 heterocycles. The van der Waals surface area contributed by atoms with E-state index in [1.54, 1.807) is 26.0 Å². The molecule has 0 saturated heterocycles. The van der Waals surface area contributed by atoms with Gasteiger partial charge in [-0.15, -0.1) is 0 Å². The summed E-state index contributed by atoms with van der Waals surface area (Å²) in [5.74, 6) is -0.292. The quantitative estimate of drug-likeness (QED) is 0.787. The van der Waals surface area contributed by atoms with Crippen molar-refractivity contribution in [1.29, 1.82) is 0 Å². The fraction of sp³-hybridized carbons (Fsp3) is 0.462. The van der Waals surface area contributed by atoms with E-state index in [0.717, 1.165) is 5.56 Å². The predicted octanol–water partition coefficient (Wildman–Crippen LogP) is 1.90. The number of rotatable bonds is 3. The maximum Gasteiger partial charge on any atom is 0.313 e. The molecule has 3 N–H and O–H groups in total. The number of methoxy groups -OCH3 is 1. The second-order valence-electron chi connectivity index (χ2n) is 4.75. The van der Waals surface area contributed by atoms with Crippen LogP contribution in [-0.2, 0) is 9.53 Å². The molecular formula is C13H19NO3. The molecule has 0 amide bonds. The molecule has 17 heavy (non-hydrogen) atoms. The van der Waals surface area contributed by atoms with Gasteiger partial charge in [0.2, 0.25) is 0 Å².